The van der Waals surface area contributed by atoms with Crippen LogP contribution in [0.3, 0.4) is 0 Å². The molecule has 5 nitrogen and oxygen atoms in total. The highest BCUT2D eigenvalue weighted by Crippen LogP contribution is 2.45. The predicted octanol–water partition coefficient (Wildman–Crippen LogP) is 3.37. The maximum atomic E-state index is 12.8. The summed E-state index contributed by atoms with van der Waals surface area (Å²) < 4.78 is 5.52. The average Bonchev–Trinajstić information content (AvgIpc) is 2.86. The predicted molar refractivity (Wildman–Crippen MR) is 80.2 cm³/mol. The summed E-state index contributed by atoms with van der Waals surface area (Å²) in [5.41, 5.74) is -0.822. The molecule has 1 aromatic heterocycles. The van der Waals surface area contributed by atoms with Crippen molar-refractivity contribution in [3.8, 4) is 0 Å². The minimum atomic E-state index is -0.823. The highest BCUT2D eigenvalue weighted by Gasteiger charge is 2.47. The fourth-order valence-electron chi connectivity index (χ4n) is 3.64. The molecule has 1 amide bonds. The fraction of sp³-hybridized carbons (Fsp3) is 0.647. The van der Waals surface area contributed by atoms with Gasteiger partial charge in [0.15, 0.2) is 0 Å². The van der Waals surface area contributed by atoms with Gasteiger partial charge < -0.3 is 14.4 Å². The van der Waals surface area contributed by atoms with Crippen LogP contribution in [0.25, 0.3) is 0 Å². The summed E-state index contributed by atoms with van der Waals surface area (Å²) >= 11 is 0. The molecule has 0 bridgehead atoms. The number of rotatable bonds is 4. The van der Waals surface area contributed by atoms with Crippen molar-refractivity contribution in [3.63, 3.8) is 0 Å². The standard InChI is InChI=1S/C17H23NO4/c19-15(12-17(16(20)21)8-5-9-17)18-10-3-1-2-6-13(18)14-7-4-11-22-14/h4,7,11,13H,1-3,5-6,8-10,12H2,(H,20,21). The number of hydrogen-bond acceptors (Lipinski definition) is 3. The first-order valence-electron chi connectivity index (χ1n) is 8.19. The van der Waals surface area contributed by atoms with Crippen LogP contribution in [0.5, 0.6) is 0 Å². The van der Waals surface area contributed by atoms with Gasteiger partial charge in [-0.25, -0.2) is 0 Å². The first-order chi connectivity index (χ1) is 10.6. The molecule has 0 aromatic carbocycles. The van der Waals surface area contributed by atoms with E-state index in [4.69, 9.17) is 4.42 Å². The minimum Gasteiger partial charge on any atom is -0.481 e. The number of hydrogen-bond donors (Lipinski definition) is 1. The number of carboxylic acids is 1. The van der Waals surface area contributed by atoms with E-state index in [0.717, 1.165) is 37.9 Å². The van der Waals surface area contributed by atoms with E-state index < -0.39 is 11.4 Å². The number of carbonyl (C=O) groups is 2. The van der Waals surface area contributed by atoms with E-state index in [-0.39, 0.29) is 18.4 Å². The second-order valence-electron chi connectivity index (χ2n) is 6.58. The third-order valence-corrected chi connectivity index (χ3v) is 5.20. The van der Waals surface area contributed by atoms with Crippen molar-refractivity contribution in [2.45, 2.75) is 57.4 Å². The van der Waals surface area contributed by atoms with Crippen molar-refractivity contribution in [1.82, 2.24) is 4.90 Å². The lowest BCUT2D eigenvalue weighted by Gasteiger charge is -2.39. The Morgan fingerprint density at radius 1 is 1.27 bits per heavy atom. The van der Waals surface area contributed by atoms with E-state index in [2.05, 4.69) is 0 Å². The third-order valence-electron chi connectivity index (χ3n) is 5.20. The van der Waals surface area contributed by atoms with Gasteiger partial charge in [-0.05, 0) is 37.8 Å². The van der Waals surface area contributed by atoms with Crippen LogP contribution in [0.1, 0.15) is 63.2 Å². The van der Waals surface area contributed by atoms with Gasteiger partial charge in [0.2, 0.25) is 5.91 Å². The normalized spacial score (nSPS) is 24.4. The number of amides is 1. The minimum absolute atomic E-state index is 0.0367. The number of furan rings is 1. The summed E-state index contributed by atoms with van der Waals surface area (Å²) in [5, 5.41) is 9.45. The van der Waals surface area contributed by atoms with E-state index in [9.17, 15) is 14.7 Å². The summed E-state index contributed by atoms with van der Waals surface area (Å²) in [6, 6.07) is 3.70. The van der Waals surface area contributed by atoms with Crippen LogP contribution in [0.15, 0.2) is 22.8 Å². The molecule has 1 unspecified atom stereocenters. The molecule has 1 saturated heterocycles. The number of aliphatic carboxylic acids is 1. The Morgan fingerprint density at radius 3 is 2.68 bits per heavy atom. The second kappa shape index (κ2) is 6.15. The molecule has 2 aliphatic rings. The topological polar surface area (TPSA) is 70.8 Å². The second-order valence-corrected chi connectivity index (χ2v) is 6.58. The Labute approximate surface area is 130 Å². The van der Waals surface area contributed by atoms with Gasteiger partial charge >= 0.3 is 5.97 Å². The van der Waals surface area contributed by atoms with Crippen LogP contribution in [-0.2, 0) is 9.59 Å². The number of likely N-dealkylation sites (tertiary alicyclic amines) is 1. The van der Waals surface area contributed by atoms with Crippen molar-refractivity contribution in [2.75, 3.05) is 6.54 Å². The molecule has 1 aromatic rings. The van der Waals surface area contributed by atoms with Crippen molar-refractivity contribution < 1.29 is 19.1 Å². The van der Waals surface area contributed by atoms with Crippen molar-refractivity contribution in [2.24, 2.45) is 5.41 Å². The van der Waals surface area contributed by atoms with Crippen molar-refractivity contribution in [3.05, 3.63) is 24.2 Å². The summed E-state index contributed by atoms with van der Waals surface area (Å²) in [6.45, 7) is 0.694. The zero-order valence-electron chi connectivity index (χ0n) is 12.8. The monoisotopic (exact) mass is 305 g/mol. The Kier molecular flexibility index (Phi) is 4.23. The first-order valence-corrected chi connectivity index (χ1v) is 8.19. The largest absolute Gasteiger partial charge is 0.481 e. The molecule has 0 radical (unpaired) electrons. The van der Waals surface area contributed by atoms with Crippen LogP contribution in [-0.4, -0.2) is 28.4 Å². The molecule has 22 heavy (non-hydrogen) atoms. The van der Waals surface area contributed by atoms with Crippen LogP contribution in [0.2, 0.25) is 0 Å². The Bertz CT molecular complexity index is 533. The molecule has 1 aliphatic heterocycles. The van der Waals surface area contributed by atoms with Gasteiger partial charge in [0.25, 0.3) is 0 Å². The molecule has 120 valence electrons. The number of nitrogens with zero attached hydrogens (tertiary/aromatic N) is 1. The van der Waals surface area contributed by atoms with Gasteiger partial charge in [-0.2, -0.15) is 0 Å². The molecule has 1 N–H and O–H groups in total. The van der Waals surface area contributed by atoms with Crippen molar-refractivity contribution in [1.29, 1.82) is 0 Å². The SMILES string of the molecule is O=C(CC1(C(=O)O)CCC1)N1CCCCCC1c1ccco1. The van der Waals surface area contributed by atoms with E-state index >= 15 is 0 Å². The molecule has 0 spiro atoms. The number of carboxylic acid groups (broad SMARTS) is 1. The molecule has 2 heterocycles. The zero-order chi connectivity index (χ0) is 15.6. The summed E-state index contributed by atoms with van der Waals surface area (Å²) in [4.78, 5) is 26.2. The van der Waals surface area contributed by atoms with Crippen LogP contribution < -0.4 is 0 Å². The summed E-state index contributed by atoms with van der Waals surface area (Å²) in [6.07, 6.45) is 7.93. The van der Waals surface area contributed by atoms with Gasteiger partial charge in [0.05, 0.1) is 17.7 Å². The van der Waals surface area contributed by atoms with Crippen LogP contribution in [0, 0.1) is 5.41 Å². The van der Waals surface area contributed by atoms with Gasteiger partial charge in [0, 0.05) is 13.0 Å². The average molecular weight is 305 g/mol. The van der Waals surface area contributed by atoms with E-state index in [1.165, 1.54) is 0 Å². The van der Waals surface area contributed by atoms with E-state index in [1.54, 1.807) is 6.26 Å². The third kappa shape index (κ3) is 2.76. The summed E-state index contributed by atoms with van der Waals surface area (Å²) in [5.74, 6) is -0.0462. The fourth-order valence-corrected chi connectivity index (χ4v) is 3.64. The van der Waals surface area contributed by atoms with Crippen LogP contribution in [0.4, 0.5) is 0 Å². The van der Waals surface area contributed by atoms with Crippen molar-refractivity contribution >= 4 is 11.9 Å². The molecule has 2 fully saturated rings. The summed E-state index contributed by atoms with van der Waals surface area (Å²) in [7, 11) is 0. The van der Waals surface area contributed by atoms with E-state index in [0.29, 0.717) is 19.4 Å². The Hall–Kier alpha value is -1.78. The molecule has 1 atom stereocenters. The van der Waals surface area contributed by atoms with Crippen LogP contribution >= 0.6 is 0 Å². The first kappa shape index (κ1) is 15.1. The molecular weight excluding hydrogens is 282 g/mol. The zero-order valence-corrected chi connectivity index (χ0v) is 12.8. The smallest absolute Gasteiger partial charge is 0.310 e. The van der Waals surface area contributed by atoms with E-state index in [1.807, 2.05) is 17.0 Å². The van der Waals surface area contributed by atoms with Gasteiger partial charge in [0.1, 0.15) is 5.76 Å². The maximum absolute atomic E-state index is 12.8. The maximum Gasteiger partial charge on any atom is 0.310 e. The molecule has 5 heteroatoms. The van der Waals surface area contributed by atoms with Gasteiger partial charge in [-0.1, -0.05) is 19.3 Å². The highest BCUT2D eigenvalue weighted by molar-refractivity contribution is 5.86. The Balaban J connectivity index is 1.77. The Morgan fingerprint density at radius 2 is 2.09 bits per heavy atom. The van der Waals surface area contributed by atoms with Gasteiger partial charge in [-0.15, -0.1) is 0 Å². The molecule has 1 aliphatic carbocycles. The quantitative estimate of drug-likeness (QED) is 0.926. The lowest BCUT2D eigenvalue weighted by atomic mass is 9.66. The molecule has 1 saturated carbocycles. The van der Waals surface area contributed by atoms with Gasteiger partial charge in [-0.3, -0.25) is 9.59 Å². The number of carbonyl (C=O) groups excluding carboxylic acids is 1. The lowest BCUT2D eigenvalue weighted by Crippen LogP contribution is -2.44. The molecule has 3 rings (SSSR count). The highest BCUT2D eigenvalue weighted by atomic mass is 16.4. The molecular formula is C17H23NO4. The lowest BCUT2D eigenvalue weighted by molar-refractivity contribution is -0.160.